The molecule has 50 valence electrons. The van der Waals surface area contributed by atoms with E-state index in [2.05, 4.69) is 4.85 Å². The highest BCUT2D eigenvalue weighted by molar-refractivity contribution is 5.59. The molecule has 0 aliphatic rings. The van der Waals surface area contributed by atoms with E-state index in [0.29, 0.717) is 0 Å². The van der Waals surface area contributed by atoms with Crippen LogP contribution in [0.2, 0.25) is 0 Å². The van der Waals surface area contributed by atoms with E-state index in [9.17, 15) is 4.79 Å². The monoisotopic (exact) mass is 125 g/mol. The third-order valence-electron chi connectivity index (χ3n) is 1.18. The molecule has 2 heteroatoms. The van der Waals surface area contributed by atoms with E-state index in [1.807, 2.05) is 6.92 Å². The van der Waals surface area contributed by atoms with Crippen LogP contribution in [0.15, 0.2) is 0 Å². The maximum atomic E-state index is 10.0. The van der Waals surface area contributed by atoms with Gasteiger partial charge in [0.05, 0.1) is 0 Å². The molecule has 0 saturated heterocycles. The third-order valence-corrected chi connectivity index (χ3v) is 1.18. The Balaban J connectivity index is 3.34. The summed E-state index contributed by atoms with van der Waals surface area (Å²) >= 11 is 0. The van der Waals surface area contributed by atoms with Gasteiger partial charge in [0.25, 0.3) is 6.04 Å². The Bertz CT molecular complexity index is 115. The fourth-order valence-corrected chi connectivity index (χ4v) is 0.576. The van der Waals surface area contributed by atoms with Crippen molar-refractivity contribution in [2.24, 2.45) is 0 Å². The van der Waals surface area contributed by atoms with Crippen molar-refractivity contribution in [1.29, 1.82) is 0 Å². The molecule has 0 saturated carbocycles. The molecule has 0 heterocycles. The molecule has 0 aliphatic heterocycles. The zero-order chi connectivity index (χ0) is 7.11. The first-order valence-corrected chi connectivity index (χ1v) is 3.17. The minimum absolute atomic E-state index is 0.384. The zero-order valence-electron chi connectivity index (χ0n) is 5.63. The van der Waals surface area contributed by atoms with E-state index < -0.39 is 0 Å². The van der Waals surface area contributed by atoms with Crippen LogP contribution in [-0.4, -0.2) is 12.3 Å². The quantitative estimate of drug-likeness (QED) is 0.413. The van der Waals surface area contributed by atoms with Gasteiger partial charge in [-0.1, -0.05) is 13.3 Å². The summed E-state index contributed by atoms with van der Waals surface area (Å²) in [5.41, 5.74) is 0. The standard InChI is InChI=1S/C7H11NO/c1-3-4-5-7(6-9)8-2/h6-7H,3-5H2,1H3. The lowest BCUT2D eigenvalue weighted by Gasteiger charge is -1.92. The highest BCUT2D eigenvalue weighted by atomic mass is 16.1. The van der Waals surface area contributed by atoms with Gasteiger partial charge in [0.1, 0.15) is 0 Å². The van der Waals surface area contributed by atoms with Crippen molar-refractivity contribution in [3.05, 3.63) is 11.4 Å². The molecule has 0 aromatic rings. The van der Waals surface area contributed by atoms with Crippen molar-refractivity contribution < 1.29 is 4.79 Å². The molecule has 0 bridgehead atoms. The van der Waals surface area contributed by atoms with E-state index in [1.54, 1.807) is 0 Å². The summed E-state index contributed by atoms with van der Waals surface area (Å²) in [4.78, 5) is 13.2. The molecule has 9 heavy (non-hydrogen) atoms. The van der Waals surface area contributed by atoms with Crippen molar-refractivity contribution in [2.45, 2.75) is 32.2 Å². The molecule has 0 spiro atoms. The summed E-state index contributed by atoms with van der Waals surface area (Å²) in [7, 11) is 0. The molecule has 0 rings (SSSR count). The molecule has 0 aliphatic carbocycles. The molecule has 0 aromatic carbocycles. The van der Waals surface area contributed by atoms with Gasteiger partial charge >= 0.3 is 0 Å². The Hall–Kier alpha value is -0.840. The molecule has 0 fully saturated rings. The Labute approximate surface area is 55.7 Å². The first kappa shape index (κ1) is 8.16. The second kappa shape index (κ2) is 5.30. The molecule has 2 nitrogen and oxygen atoms in total. The van der Waals surface area contributed by atoms with Gasteiger partial charge in [-0.15, -0.1) is 0 Å². The largest absolute Gasteiger partial charge is 0.306 e. The number of rotatable bonds is 4. The van der Waals surface area contributed by atoms with Crippen molar-refractivity contribution in [2.75, 3.05) is 0 Å². The van der Waals surface area contributed by atoms with E-state index >= 15 is 0 Å². The van der Waals surface area contributed by atoms with Gasteiger partial charge in [0.2, 0.25) is 6.29 Å². The van der Waals surface area contributed by atoms with E-state index in [4.69, 9.17) is 6.57 Å². The number of carbonyl (C=O) groups excluding carboxylic acids is 1. The SMILES string of the molecule is [C-]#[N+]C(C=O)CCCC. The summed E-state index contributed by atoms with van der Waals surface area (Å²) < 4.78 is 0. The molecule has 1 atom stereocenters. The summed E-state index contributed by atoms with van der Waals surface area (Å²) in [6.07, 6.45) is 3.48. The van der Waals surface area contributed by atoms with Gasteiger partial charge in [-0.25, -0.2) is 6.57 Å². The van der Waals surface area contributed by atoms with Crippen LogP contribution in [0.25, 0.3) is 4.85 Å². The molecular weight excluding hydrogens is 114 g/mol. The van der Waals surface area contributed by atoms with Gasteiger partial charge in [0, 0.05) is 6.42 Å². The first-order chi connectivity index (χ1) is 4.35. The second-order valence-electron chi connectivity index (χ2n) is 1.97. The van der Waals surface area contributed by atoms with E-state index in [1.165, 1.54) is 0 Å². The van der Waals surface area contributed by atoms with Gasteiger partial charge in [0.15, 0.2) is 0 Å². The van der Waals surface area contributed by atoms with Crippen molar-refractivity contribution >= 4 is 6.29 Å². The molecule has 0 N–H and O–H groups in total. The summed E-state index contributed by atoms with van der Waals surface area (Å²) in [6, 6.07) is -0.384. The van der Waals surface area contributed by atoms with Crippen LogP contribution in [0.4, 0.5) is 0 Å². The van der Waals surface area contributed by atoms with Crippen molar-refractivity contribution in [3.63, 3.8) is 0 Å². The van der Waals surface area contributed by atoms with Gasteiger partial charge in [-0.2, -0.15) is 0 Å². The molecule has 0 radical (unpaired) electrons. The lowest BCUT2D eigenvalue weighted by Crippen LogP contribution is -2.01. The highest BCUT2D eigenvalue weighted by Gasteiger charge is 2.07. The van der Waals surface area contributed by atoms with Crippen LogP contribution in [0, 0.1) is 6.57 Å². The predicted octanol–water partition coefficient (Wildman–Crippen LogP) is 1.66. The smallest absolute Gasteiger partial charge is 0.277 e. The van der Waals surface area contributed by atoms with Gasteiger partial charge in [-0.05, 0) is 6.42 Å². The predicted molar refractivity (Wildman–Crippen MR) is 36.0 cm³/mol. The zero-order valence-corrected chi connectivity index (χ0v) is 5.63. The number of unbranched alkanes of at least 4 members (excludes halogenated alkanes) is 1. The van der Waals surface area contributed by atoms with E-state index in [-0.39, 0.29) is 6.04 Å². The Kier molecular flexibility index (Phi) is 4.81. The van der Waals surface area contributed by atoms with Crippen molar-refractivity contribution in [1.82, 2.24) is 0 Å². The van der Waals surface area contributed by atoms with Crippen LogP contribution >= 0.6 is 0 Å². The molecule has 0 aromatic heterocycles. The van der Waals surface area contributed by atoms with Crippen LogP contribution in [-0.2, 0) is 4.79 Å². The summed E-state index contributed by atoms with van der Waals surface area (Å²) in [5.74, 6) is 0. The minimum Gasteiger partial charge on any atom is -0.306 e. The average Bonchev–Trinajstić information content (AvgIpc) is 1.91. The van der Waals surface area contributed by atoms with Crippen LogP contribution in [0.5, 0.6) is 0 Å². The normalized spacial score (nSPS) is 12.0. The summed E-state index contributed by atoms with van der Waals surface area (Å²) in [5, 5.41) is 0. The Morgan fingerprint density at radius 3 is 2.78 bits per heavy atom. The van der Waals surface area contributed by atoms with Crippen molar-refractivity contribution in [3.8, 4) is 0 Å². The molecule has 0 amide bonds. The molecular formula is C7H11NO. The summed E-state index contributed by atoms with van der Waals surface area (Å²) in [6.45, 7) is 8.58. The number of carbonyl (C=O) groups is 1. The number of nitrogens with zero attached hydrogens (tertiary/aromatic N) is 1. The maximum Gasteiger partial charge on any atom is 0.277 e. The van der Waals surface area contributed by atoms with Crippen LogP contribution in [0.1, 0.15) is 26.2 Å². The molecule has 1 unspecified atom stereocenters. The topological polar surface area (TPSA) is 21.4 Å². The fraction of sp³-hybridized carbons (Fsp3) is 0.714. The number of hydrogen-bond donors (Lipinski definition) is 0. The highest BCUT2D eigenvalue weighted by Crippen LogP contribution is 2.00. The lowest BCUT2D eigenvalue weighted by atomic mass is 10.1. The Morgan fingerprint density at radius 1 is 1.78 bits per heavy atom. The van der Waals surface area contributed by atoms with Gasteiger partial charge < -0.3 is 4.85 Å². The van der Waals surface area contributed by atoms with E-state index in [0.717, 1.165) is 25.5 Å². The first-order valence-electron chi connectivity index (χ1n) is 3.17. The second-order valence-corrected chi connectivity index (χ2v) is 1.97. The average molecular weight is 125 g/mol. The maximum absolute atomic E-state index is 10.0. The fourth-order valence-electron chi connectivity index (χ4n) is 0.576. The van der Waals surface area contributed by atoms with Gasteiger partial charge in [-0.3, -0.25) is 4.79 Å². The lowest BCUT2D eigenvalue weighted by molar-refractivity contribution is -0.108. The minimum atomic E-state index is -0.384. The van der Waals surface area contributed by atoms with Crippen LogP contribution < -0.4 is 0 Å². The number of hydrogen-bond acceptors (Lipinski definition) is 1. The third kappa shape index (κ3) is 3.72. The number of aldehydes is 1. The Morgan fingerprint density at radius 2 is 2.44 bits per heavy atom. The van der Waals surface area contributed by atoms with Crippen LogP contribution in [0.3, 0.4) is 0 Å².